The van der Waals surface area contributed by atoms with Crippen molar-refractivity contribution in [2.24, 2.45) is 11.0 Å². The lowest BCUT2D eigenvalue weighted by atomic mass is 9.77. The highest BCUT2D eigenvalue weighted by molar-refractivity contribution is 7.14. The van der Waals surface area contributed by atoms with Crippen LogP contribution in [0.5, 0.6) is 0 Å². The Morgan fingerprint density at radius 1 is 0.943 bits per heavy atom. The molecular weight excluding hydrogens is 495 g/mol. The molecule has 0 radical (unpaired) electrons. The lowest BCUT2D eigenvalue weighted by Gasteiger charge is -2.29. The molecule has 0 saturated heterocycles. The molecule has 2 aliphatic carbocycles. The number of amides is 1. The molecule has 2 heterocycles. The zero-order valence-corrected chi connectivity index (χ0v) is 21.7. The van der Waals surface area contributed by atoms with E-state index in [1.54, 1.807) is 16.3 Å². The van der Waals surface area contributed by atoms with Gasteiger partial charge in [-0.25, -0.2) is 5.01 Å². The van der Waals surface area contributed by atoms with Gasteiger partial charge in [0.2, 0.25) is 0 Å². The van der Waals surface area contributed by atoms with Crippen molar-refractivity contribution in [3.63, 3.8) is 0 Å². The van der Waals surface area contributed by atoms with Crippen LogP contribution >= 0.6 is 34.5 Å². The molecule has 35 heavy (non-hydrogen) atoms. The van der Waals surface area contributed by atoms with E-state index in [2.05, 4.69) is 12.1 Å². The zero-order valence-electron chi connectivity index (χ0n) is 19.3. The van der Waals surface area contributed by atoms with Gasteiger partial charge < -0.3 is 0 Å². The van der Waals surface area contributed by atoms with Gasteiger partial charge >= 0.3 is 0 Å². The number of hydrazone groups is 1. The number of halogens is 2. The van der Waals surface area contributed by atoms with Gasteiger partial charge in [-0.3, -0.25) is 4.79 Å². The lowest BCUT2D eigenvalue weighted by molar-refractivity contribution is 0.0686. The summed E-state index contributed by atoms with van der Waals surface area (Å²) in [5.41, 5.74) is 5.79. The second kappa shape index (κ2) is 9.57. The van der Waals surface area contributed by atoms with Gasteiger partial charge in [0.05, 0.1) is 16.6 Å². The van der Waals surface area contributed by atoms with Gasteiger partial charge in [0.1, 0.15) is 0 Å². The molecule has 2 unspecified atom stereocenters. The summed E-state index contributed by atoms with van der Waals surface area (Å²) in [6.45, 7) is 0. The molecule has 3 aromatic rings. The fourth-order valence-electron chi connectivity index (χ4n) is 5.63. The van der Waals surface area contributed by atoms with Crippen LogP contribution in [0.25, 0.3) is 6.08 Å². The Bertz CT molecular complexity index is 1300. The molecule has 2 aromatic carbocycles. The van der Waals surface area contributed by atoms with Crippen LogP contribution in [0.2, 0.25) is 10.0 Å². The van der Waals surface area contributed by atoms with Crippen molar-refractivity contribution < 1.29 is 4.79 Å². The molecule has 1 amide bonds. The average molecular weight is 522 g/mol. The monoisotopic (exact) mass is 520 g/mol. The number of rotatable bonds is 3. The summed E-state index contributed by atoms with van der Waals surface area (Å²) in [5, 5.41) is 8.24. The van der Waals surface area contributed by atoms with Crippen LogP contribution < -0.4 is 0 Å². The topological polar surface area (TPSA) is 32.7 Å². The fraction of sp³-hybridized carbons (Fsp3) is 0.310. The molecule has 1 fully saturated rings. The van der Waals surface area contributed by atoms with Gasteiger partial charge in [-0.15, -0.1) is 11.3 Å². The molecule has 178 valence electrons. The van der Waals surface area contributed by atoms with E-state index in [4.69, 9.17) is 28.3 Å². The summed E-state index contributed by atoms with van der Waals surface area (Å²) in [4.78, 5) is 16.1. The second-order valence-electron chi connectivity index (χ2n) is 9.62. The fourth-order valence-corrected chi connectivity index (χ4v) is 7.07. The van der Waals surface area contributed by atoms with Gasteiger partial charge in [0.15, 0.2) is 0 Å². The smallest absolute Gasteiger partial charge is 0.266 e. The normalized spacial score (nSPS) is 22.6. The molecule has 3 aliphatic rings. The first kappa shape index (κ1) is 23.0. The third-order valence-electron chi connectivity index (χ3n) is 7.34. The van der Waals surface area contributed by atoms with Crippen LogP contribution in [-0.4, -0.2) is 16.6 Å². The number of benzene rings is 2. The molecule has 0 spiro atoms. The molecule has 2 atom stereocenters. The Morgan fingerprint density at radius 3 is 2.40 bits per heavy atom. The minimum atomic E-state index is -0.122. The van der Waals surface area contributed by atoms with E-state index in [0.717, 1.165) is 58.8 Å². The molecule has 1 aromatic heterocycles. The van der Waals surface area contributed by atoms with Crippen LogP contribution in [0.1, 0.15) is 69.4 Å². The third-order valence-corrected chi connectivity index (χ3v) is 9.07. The molecular formula is C29H26Cl2N2OS. The van der Waals surface area contributed by atoms with E-state index in [1.807, 2.05) is 48.5 Å². The first-order valence-electron chi connectivity index (χ1n) is 12.3. The van der Waals surface area contributed by atoms with E-state index in [0.29, 0.717) is 5.02 Å². The van der Waals surface area contributed by atoms with Crippen molar-refractivity contribution in [3.8, 4) is 0 Å². The van der Waals surface area contributed by atoms with Crippen molar-refractivity contribution in [2.45, 2.75) is 51.0 Å². The Kier molecular flexibility index (Phi) is 6.30. The quantitative estimate of drug-likeness (QED) is 0.341. The lowest BCUT2D eigenvalue weighted by Crippen LogP contribution is -2.31. The highest BCUT2D eigenvalue weighted by atomic mass is 35.5. The number of carbonyl (C=O) groups excluding carboxylic acids is 1. The first-order valence-corrected chi connectivity index (χ1v) is 13.9. The van der Waals surface area contributed by atoms with Gasteiger partial charge in [0.25, 0.3) is 5.91 Å². The highest BCUT2D eigenvalue weighted by Gasteiger charge is 2.44. The van der Waals surface area contributed by atoms with Crippen molar-refractivity contribution in [3.05, 3.63) is 96.7 Å². The molecule has 6 heteroatoms. The standard InChI is InChI=1S/C29H26Cl2N2OS/c30-22-12-8-18(9-13-22)16-21-5-3-6-24-27(21)32-33(28(24)19-10-14-23(31)15-11-19)29(34)26-17-20-4-1-2-7-25(20)35-26/h8-17,24,28H,1-7H2/b21-16-. The number of nitrogens with zero attached hydrogens (tertiary/aromatic N) is 2. The van der Waals surface area contributed by atoms with Crippen LogP contribution in [0.15, 0.2) is 65.3 Å². The van der Waals surface area contributed by atoms with E-state index < -0.39 is 0 Å². The van der Waals surface area contributed by atoms with Crippen LogP contribution in [0.3, 0.4) is 0 Å². The molecule has 1 aliphatic heterocycles. The minimum absolute atomic E-state index is 0.0112. The van der Waals surface area contributed by atoms with Gasteiger partial charge in [-0.2, -0.15) is 5.10 Å². The maximum Gasteiger partial charge on any atom is 0.284 e. The van der Waals surface area contributed by atoms with Crippen molar-refractivity contribution in [1.29, 1.82) is 0 Å². The molecule has 0 bridgehead atoms. The van der Waals surface area contributed by atoms with Gasteiger partial charge in [-0.1, -0.05) is 47.5 Å². The Labute approximate surface area is 220 Å². The average Bonchev–Trinajstić information content (AvgIpc) is 3.48. The summed E-state index contributed by atoms with van der Waals surface area (Å²) in [6.07, 6.45) is 9.82. The van der Waals surface area contributed by atoms with Crippen LogP contribution in [-0.2, 0) is 12.8 Å². The predicted octanol–water partition coefficient (Wildman–Crippen LogP) is 8.37. The summed E-state index contributed by atoms with van der Waals surface area (Å²) in [5.74, 6) is 0.180. The largest absolute Gasteiger partial charge is 0.284 e. The van der Waals surface area contributed by atoms with E-state index in [9.17, 15) is 4.79 Å². The second-order valence-corrected chi connectivity index (χ2v) is 11.6. The Balaban J connectivity index is 1.41. The molecule has 1 saturated carbocycles. The number of hydrogen-bond acceptors (Lipinski definition) is 3. The first-order chi connectivity index (χ1) is 17.1. The molecule has 0 N–H and O–H groups in total. The van der Waals surface area contributed by atoms with E-state index >= 15 is 0 Å². The third kappa shape index (κ3) is 4.48. The summed E-state index contributed by atoms with van der Waals surface area (Å²) >= 11 is 14.0. The number of fused-ring (bicyclic) bond motifs is 2. The van der Waals surface area contributed by atoms with Crippen molar-refractivity contribution in [2.75, 3.05) is 0 Å². The summed E-state index contributed by atoms with van der Waals surface area (Å²) < 4.78 is 0. The van der Waals surface area contributed by atoms with Gasteiger partial charge in [0, 0.05) is 20.8 Å². The Morgan fingerprint density at radius 2 is 1.66 bits per heavy atom. The number of aryl methyl sites for hydroxylation is 2. The highest BCUT2D eigenvalue weighted by Crippen LogP contribution is 2.45. The SMILES string of the molecule is O=C(c1cc2c(s1)CCCC2)N1N=C2/C(=C\c3ccc(Cl)cc3)CCCC2C1c1ccc(Cl)cc1. The molecule has 6 rings (SSSR count). The maximum atomic E-state index is 13.9. The summed E-state index contributed by atoms with van der Waals surface area (Å²) in [6, 6.07) is 17.8. The number of allylic oxidation sites excluding steroid dienone is 1. The zero-order chi connectivity index (χ0) is 23.9. The van der Waals surface area contributed by atoms with Crippen molar-refractivity contribution >= 4 is 52.2 Å². The Hall–Kier alpha value is -2.40. The maximum absolute atomic E-state index is 13.9. The predicted molar refractivity (Wildman–Crippen MR) is 146 cm³/mol. The van der Waals surface area contributed by atoms with E-state index in [-0.39, 0.29) is 17.9 Å². The summed E-state index contributed by atoms with van der Waals surface area (Å²) in [7, 11) is 0. The van der Waals surface area contributed by atoms with Crippen LogP contribution in [0, 0.1) is 5.92 Å². The van der Waals surface area contributed by atoms with E-state index in [1.165, 1.54) is 28.9 Å². The number of thiophene rings is 1. The minimum Gasteiger partial charge on any atom is -0.266 e. The number of carbonyl (C=O) groups is 1. The van der Waals surface area contributed by atoms with Crippen LogP contribution in [0.4, 0.5) is 0 Å². The number of hydrogen-bond donors (Lipinski definition) is 0. The molecule has 3 nitrogen and oxygen atoms in total. The van der Waals surface area contributed by atoms with Gasteiger partial charge in [-0.05, 0) is 104 Å². The van der Waals surface area contributed by atoms with Crippen molar-refractivity contribution in [1.82, 2.24) is 5.01 Å².